The molecule has 0 saturated heterocycles. The van der Waals surface area contributed by atoms with Crippen LogP contribution in [0.4, 0.5) is 5.82 Å². The van der Waals surface area contributed by atoms with Crippen LogP contribution in [0, 0.1) is 6.92 Å². The summed E-state index contributed by atoms with van der Waals surface area (Å²) in [5.41, 5.74) is 3.29. The predicted molar refractivity (Wildman–Crippen MR) is 102 cm³/mol. The lowest BCUT2D eigenvalue weighted by Gasteiger charge is -2.16. The first-order valence-corrected chi connectivity index (χ1v) is 8.34. The molecule has 6 heteroatoms. The van der Waals surface area contributed by atoms with Crippen LogP contribution in [0.3, 0.4) is 0 Å². The van der Waals surface area contributed by atoms with Crippen LogP contribution < -0.4 is 10.2 Å². The van der Waals surface area contributed by atoms with Crippen molar-refractivity contribution in [3.63, 3.8) is 0 Å². The molecule has 1 amide bonds. The zero-order valence-electron chi connectivity index (χ0n) is 15.1. The molecule has 0 aliphatic carbocycles. The molecule has 2 aromatic heterocycles. The monoisotopic (exact) mass is 347 g/mol. The number of aromatic nitrogens is 3. The SMILES string of the molecule is Cc1cccc(-c2ncc(C(=O)NCc3ccccn3)c(N(C)C)n2)c1. The normalized spacial score (nSPS) is 10.4. The summed E-state index contributed by atoms with van der Waals surface area (Å²) >= 11 is 0. The third-order valence-corrected chi connectivity index (χ3v) is 3.87. The van der Waals surface area contributed by atoms with Crippen LogP contribution in [0.5, 0.6) is 0 Å². The molecule has 0 atom stereocenters. The molecule has 26 heavy (non-hydrogen) atoms. The van der Waals surface area contributed by atoms with E-state index in [1.54, 1.807) is 12.4 Å². The number of benzene rings is 1. The molecule has 0 spiro atoms. The van der Waals surface area contributed by atoms with Gasteiger partial charge in [-0.15, -0.1) is 0 Å². The van der Waals surface area contributed by atoms with Gasteiger partial charge in [-0.2, -0.15) is 0 Å². The summed E-state index contributed by atoms with van der Waals surface area (Å²) < 4.78 is 0. The molecule has 0 aliphatic rings. The van der Waals surface area contributed by atoms with E-state index in [1.807, 2.05) is 68.4 Å². The first-order chi connectivity index (χ1) is 12.5. The fraction of sp³-hybridized carbons (Fsp3) is 0.200. The fourth-order valence-corrected chi connectivity index (χ4v) is 2.57. The Morgan fingerprint density at radius 2 is 1.96 bits per heavy atom. The Morgan fingerprint density at radius 1 is 1.12 bits per heavy atom. The van der Waals surface area contributed by atoms with E-state index in [9.17, 15) is 4.79 Å². The highest BCUT2D eigenvalue weighted by atomic mass is 16.1. The van der Waals surface area contributed by atoms with Crippen molar-refractivity contribution in [2.75, 3.05) is 19.0 Å². The van der Waals surface area contributed by atoms with E-state index >= 15 is 0 Å². The van der Waals surface area contributed by atoms with E-state index in [2.05, 4.69) is 20.3 Å². The molecule has 0 unspecified atom stereocenters. The molecule has 132 valence electrons. The fourth-order valence-electron chi connectivity index (χ4n) is 2.57. The molecule has 3 aromatic rings. The third-order valence-electron chi connectivity index (χ3n) is 3.87. The summed E-state index contributed by atoms with van der Waals surface area (Å²) in [4.78, 5) is 27.6. The van der Waals surface area contributed by atoms with E-state index in [-0.39, 0.29) is 5.91 Å². The topological polar surface area (TPSA) is 71.0 Å². The lowest BCUT2D eigenvalue weighted by molar-refractivity contribution is 0.0950. The average Bonchev–Trinajstić information content (AvgIpc) is 2.66. The molecular weight excluding hydrogens is 326 g/mol. The van der Waals surface area contributed by atoms with Crippen molar-refractivity contribution in [3.8, 4) is 11.4 Å². The second-order valence-corrected chi connectivity index (χ2v) is 6.20. The molecule has 0 radical (unpaired) electrons. The van der Waals surface area contributed by atoms with Crippen molar-refractivity contribution in [2.45, 2.75) is 13.5 Å². The summed E-state index contributed by atoms with van der Waals surface area (Å²) in [5.74, 6) is 0.948. The lowest BCUT2D eigenvalue weighted by atomic mass is 10.1. The maximum atomic E-state index is 12.6. The maximum Gasteiger partial charge on any atom is 0.256 e. The summed E-state index contributed by atoms with van der Waals surface area (Å²) in [6.45, 7) is 2.38. The second kappa shape index (κ2) is 7.74. The van der Waals surface area contributed by atoms with Crippen LogP contribution in [0.25, 0.3) is 11.4 Å². The predicted octanol–water partition coefficient (Wildman–Crippen LogP) is 2.84. The number of hydrogen-bond donors (Lipinski definition) is 1. The van der Waals surface area contributed by atoms with Gasteiger partial charge < -0.3 is 10.2 Å². The van der Waals surface area contributed by atoms with Gasteiger partial charge in [0.15, 0.2) is 5.82 Å². The molecule has 0 saturated carbocycles. The summed E-state index contributed by atoms with van der Waals surface area (Å²) in [5, 5.41) is 2.87. The van der Waals surface area contributed by atoms with Gasteiger partial charge in [-0.1, -0.05) is 29.8 Å². The summed E-state index contributed by atoms with van der Waals surface area (Å²) in [7, 11) is 3.72. The van der Waals surface area contributed by atoms with Crippen molar-refractivity contribution in [2.24, 2.45) is 0 Å². The first-order valence-electron chi connectivity index (χ1n) is 8.34. The minimum Gasteiger partial charge on any atom is -0.362 e. The minimum absolute atomic E-state index is 0.227. The highest BCUT2D eigenvalue weighted by Crippen LogP contribution is 2.22. The Hall–Kier alpha value is -3.28. The number of pyridine rings is 1. The van der Waals surface area contributed by atoms with Crippen molar-refractivity contribution >= 4 is 11.7 Å². The number of amides is 1. The zero-order valence-corrected chi connectivity index (χ0v) is 15.1. The molecule has 0 aliphatic heterocycles. The van der Waals surface area contributed by atoms with Gasteiger partial charge in [-0.25, -0.2) is 9.97 Å². The number of anilines is 1. The lowest BCUT2D eigenvalue weighted by Crippen LogP contribution is -2.26. The van der Waals surface area contributed by atoms with Crippen LogP contribution in [0.1, 0.15) is 21.6 Å². The Balaban J connectivity index is 1.86. The van der Waals surface area contributed by atoms with Crippen LogP contribution in [0.2, 0.25) is 0 Å². The van der Waals surface area contributed by atoms with Gasteiger partial charge in [0.25, 0.3) is 5.91 Å². The molecule has 6 nitrogen and oxygen atoms in total. The number of carbonyl (C=O) groups is 1. The quantitative estimate of drug-likeness (QED) is 0.768. The van der Waals surface area contributed by atoms with E-state index in [1.165, 1.54) is 0 Å². The third kappa shape index (κ3) is 4.03. The average molecular weight is 347 g/mol. The molecule has 0 fully saturated rings. The van der Waals surface area contributed by atoms with Crippen molar-refractivity contribution in [3.05, 3.63) is 71.7 Å². The molecule has 2 heterocycles. The number of nitrogens with one attached hydrogen (secondary N) is 1. The molecular formula is C20H21N5O. The van der Waals surface area contributed by atoms with Gasteiger partial charge in [0.05, 0.1) is 12.2 Å². The van der Waals surface area contributed by atoms with Gasteiger partial charge >= 0.3 is 0 Å². The van der Waals surface area contributed by atoms with Gasteiger partial charge in [-0.3, -0.25) is 9.78 Å². The number of aryl methyl sites for hydroxylation is 1. The zero-order chi connectivity index (χ0) is 18.5. The number of nitrogens with zero attached hydrogens (tertiary/aromatic N) is 4. The minimum atomic E-state index is -0.227. The van der Waals surface area contributed by atoms with E-state index in [4.69, 9.17) is 0 Å². The highest BCUT2D eigenvalue weighted by molar-refractivity contribution is 5.98. The van der Waals surface area contributed by atoms with E-state index in [0.29, 0.717) is 23.8 Å². The molecule has 1 N–H and O–H groups in total. The Morgan fingerprint density at radius 3 is 2.65 bits per heavy atom. The Kier molecular flexibility index (Phi) is 5.22. The standard InChI is InChI=1S/C20H21N5O/c1-14-7-6-8-15(11-14)18-22-13-17(19(24-18)25(2)3)20(26)23-12-16-9-4-5-10-21-16/h4-11,13H,12H2,1-3H3,(H,23,26). The van der Waals surface area contributed by atoms with Crippen LogP contribution in [0.15, 0.2) is 54.9 Å². The first kappa shape index (κ1) is 17.5. The highest BCUT2D eigenvalue weighted by Gasteiger charge is 2.17. The Bertz CT molecular complexity index is 909. The molecule has 0 bridgehead atoms. The largest absolute Gasteiger partial charge is 0.362 e. The number of rotatable bonds is 5. The maximum absolute atomic E-state index is 12.6. The van der Waals surface area contributed by atoms with Gasteiger partial charge in [0, 0.05) is 32.1 Å². The molecule has 1 aromatic carbocycles. The molecule has 3 rings (SSSR count). The number of hydrogen-bond acceptors (Lipinski definition) is 5. The van der Waals surface area contributed by atoms with Gasteiger partial charge in [-0.05, 0) is 25.1 Å². The van der Waals surface area contributed by atoms with Crippen molar-refractivity contribution < 1.29 is 4.79 Å². The van der Waals surface area contributed by atoms with E-state index < -0.39 is 0 Å². The van der Waals surface area contributed by atoms with Crippen molar-refractivity contribution in [1.29, 1.82) is 0 Å². The van der Waals surface area contributed by atoms with Crippen LogP contribution in [-0.4, -0.2) is 35.0 Å². The number of carbonyl (C=O) groups excluding carboxylic acids is 1. The van der Waals surface area contributed by atoms with E-state index in [0.717, 1.165) is 16.8 Å². The summed E-state index contributed by atoms with van der Waals surface area (Å²) in [6, 6.07) is 13.6. The Labute approximate surface area is 153 Å². The van der Waals surface area contributed by atoms with Gasteiger partial charge in [0.2, 0.25) is 0 Å². The second-order valence-electron chi connectivity index (χ2n) is 6.20. The van der Waals surface area contributed by atoms with Crippen molar-refractivity contribution in [1.82, 2.24) is 20.3 Å². The van der Waals surface area contributed by atoms with Gasteiger partial charge in [0.1, 0.15) is 11.4 Å². The van der Waals surface area contributed by atoms with Crippen LogP contribution >= 0.6 is 0 Å². The summed E-state index contributed by atoms with van der Waals surface area (Å²) in [6.07, 6.45) is 3.28. The smallest absolute Gasteiger partial charge is 0.256 e. The van der Waals surface area contributed by atoms with Crippen LogP contribution in [-0.2, 0) is 6.54 Å².